The number of hydrogen-bond acceptors (Lipinski definition) is 2. The molecule has 0 saturated carbocycles. The number of carbonyl (C=O) groups excluding carboxylic acids is 1. The van der Waals surface area contributed by atoms with Gasteiger partial charge in [0.15, 0.2) is 0 Å². The van der Waals surface area contributed by atoms with Crippen LogP contribution in [0.5, 0.6) is 0 Å². The van der Waals surface area contributed by atoms with E-state index in [1.165, 1.54) is 11.1 Å². The molecule has 15 heavy (non-hydrogen) atoms. The fourth-order valence-electron chi connectivity index (χ4n) is 2.27. The highest BCUT2D eigenvalue weighted by Gasteiger charge is 2.33. The minimum atomic E-state index is -0.439. The van der Waals surface area contributed by atoms with Crippen molar-refractivity contribution in [3.8, 4) is 0 Å². The van der Waals surface area contributed by atoms with E-state index in [1.807, 2.05) is 19.1 Å². The second kappa shape index (κ2) is 3.66. The molecule has 3 heteroatoms. The molecule has 0 fully saturated rings. The summed E-state index contributed by atoms with van der Waals surface area (Å²) in [6.45, 7) is 1.58. The van der Waals surface area contributed by atoms with Crippen LogP contribution in [0.3, 0.4) is 0 Å². The fourth-order valence-corrected chi connectivity index (χ4v) is 2.27. The standard InChI is InChI=1S/C12H15NO2/c1-12(13-11(15)8-14)6-9-4-2-3-5-10(9)7-12/h2-5,14H,6-8H2,1H3,(H,13,15). The van der Waals surface area contributed by atoms with E-state index in [4.69, 9.17) is 5.11 Å². The molecule has 0 atom stereocenters. The van der Waals surface area contributed by atoms with Gasteiger partial charge >= 0.3 is 0 Å². The molecule has 1 aromatic carbocycles. The molecule has 1 aromatic rings. The first-order valence-corrected chi connectivity index (χ1v) is 5.12. The van der Waals surface area contributed by atoms with E-state index in [0.29, 0.717) is 0 Å². The summed E-state index contributed by atoms with van der Waals surface area (Å²) >= 11 is 0. The molecule has 0 heterocycles. The molecule has 0 bridgehead atoms. The largest absolute Gasteiger partial charge is 0.387 e. The van der Waals surface area contributed by atoms with Gasteiger partial charge in [0.2, 0.25) is 5.91 Å². The van der Waals surface area contributed by atoms with Crippen LogP contribution in [0.25, 0.3) is 0 Å². The van der Waals surface area contributed by atoms with Gasteiger partial charge < -0.3 is 10.4 Å². The average molecular weight is 205 g/mol. The van der Waals surface area contributed by atoms with Crippen LogP contribution in [-0.2, 0) is 17.6 Å². The predicted octanol–water partition coefficient (Wildman–Crippen LogP) is 0.652. The van der Waals surface area contributed by atoms with E-state index in [1.54, 1.807) is 0 Å². The fraction of sp³-hybridized carbons (Fsp3) is 0.417. The van der Waals surface area contributed by atoms with Crippen LogP contribution in [0, 0.1) is 0 Å². The van der Waals surface area contributed by atoms with E-state index in [0.717, 1.165) is 12.8 Å². The number of amides is 1. The van der Waals surface area contributed by atoms with Crippen LogP contribution < -0.4 is 5.32 Å². The predicted molar refractivity (Wildman–Crippen MR) is 57.5 cm³/mol. The molecular formula is C12H15NO2. The normalized spacial score (nSPS) is 17.2. The Labute approximate surface area is 89.1 Å². The molecule has 2 N–H and O–H groups in total. The molecular weight excluding hydrogens is 190 g/mol. The molecule has 3 nitrogen and oxygen atoms in total. The van der Waals surface area contributed by atoms with Crippen molar-refractivity contribution < 1.29 is 9.90 Å². The molecule has 2 rings (SSSR count). The molecule has 0 aliphatic heterocycles. The van der Waals surface area contributed by atoms with Gasteiger partial charge in [-0.1, -0.05) is 24.3 Å². The Bertz CT molecular complexity index is 362. The van der Waals surface area contributed by atoms with Crippen molar-refractivity contribution in [2.75, 3.05) is 6.61 Å². The minimum absolute atomic E-state index is 0.233. The lowest BCUT2D eigenvalue weighted by Crippen LogP contribution is -2.47. The van der Waals surface area contributed by atoms with Crippen molar-refractivity contribution in [1.82, 2.24) is 5.32 Å². The van der Waals surface area contributed by atoms with Gasteiger partial charge in [0.1, 0.15) is 6.61 Å². The van der Waals surface area contributed by atoms with Gasteiger partial charge in [0, 0.05) is 5.54 Å². The van der Waals surface area contributed by atoms with E-state index in [2.05, 4.69) is 17.4 Å². The maximum absolute atomic E-state index is 11.2. The first-order chi connectivity index (χ1) is 7.13. The van der Waals surface area contributed by atoms with Gasteiger partial charge in [-0.3, -0.25) is 4.79 Å². The first kappa shape index (κ1) is 10.2. The summed E-state index contributed by atoms with van der Waals surface area (Å²) < 4.78 is 0. The topological polar surface area (TPSA) is 49.3 Å². The zero-order valence-electron chi connectivity index (χ0n) is 8.79. The summed E-state index contributed by atoms with van der Waals surface area (Å²) in [5, 5.41) is 11.6. The second-order valence-corrected chi connectivity index (χ2v) is 4.39. The molecule has 0 saturated heterocycles. The van der Waals surface area contributed by atoms with E-state index < -0.39 is 6.61 Å². The lowest BCUT2D eigenvalue weighted by Gasteiger charge is -2.24. The zero-order chi connectivity index (χ0) is 10.9. The quantitative estimate of drug-likeness (QED) is 0.745. The van der Waals surface area contributed by atoms with Crippen molar-refractivity contribution in [1.29, 1.82) is 0 Å². The molecule has 1 aliphatic rings. The van der Waals surface area contributed by atoms with Crippen LogP contribution in [-0.4, -0.2) is 23.2 Å². The SMILES string of the molecule is CC1(NC(=O)CO)Cc2ccccc2C1. The summed E-state index contributed by atoms with van der Waals surface area (Å²) in [5.41, 5.74) is 2.35. The second-order valence-electron chi connectivity index (χ2n) is 4.39. The molecule has 0 aromatic heterocycles. The monoisotopic (exact) mass is 205 g/mol. The number of hydrogen-bond donors (Lipinski definition) is 2. The van der Waals surface area contributed by atoms with Gasteiger partial charge in [0.05, 0.1) is 0 Å². The van der Waals surface area contributed by atoms with Gasteiger partial charge in [-0.05, 0) is 30.9 Å². The maximum atomic E-state index is 11.2. The highest BCUT2D eigenvalue weighted by atomic mass is 16.3. The Kier molecular flexibility index (Phi) is 2.49. The molecule has 0 radical (unpaired) electrons. The highest BCUT2D eigenvalue weighted by molar-refractivity contribution is 5.78. The number of aliphatic hydroxyl groups is 1. The van der Waals surface area contributed by atoms with Gasteiger partial charge in [-0.25, -0.2) is 0 Å². The third kappa shape index (κ3) is 2.02. The summed E-state index contributed by atoms with van der Waals surface area (Å²) in [7, 11) is 0. The van der Waals surface area contributed by atoms with Crippen LogP contribution in [0.4, 0.5) is 0 Å². The number of rotatable bonds is 2. The summed E-state index contributed by atoms with van der Waals surface area (Å²) in [6, 6.07) is 8.20. The van der Waals surface area contributed by atoms with Crippen molar-refractivity contribution >= 4 is 5.91 Å². The molecule has 1 amide bonds. The van der Waals surface area contributed by atoms with Crippen LogP contribution in [0.15, 0.2) is 24.3 Å². The third-order valence-corrected chi connectivity index (χ3v) is 2.86. The third-order valence-electron chi connectivity index (χ3n) is 2.86. The van der Waals surface area contributed by atoms with Gasteiger partial charge in [-0.15, -0.1) is 0 Å². The zero-order valence-corrected chi connectivity index (χ0v) is 8.79. The number of nitrogens with one attached hydrogen (secondary N) is 1. The molecule has 0 unspecified atom stereocenters. The molecule has 1 aliphatic carbocycles. The van der Waals surface area contributed by atoms with Gasteiger partial charge in [0.25, 0.3) is 0 Å². The maximum Gasteiger partial charge on any atom is 0.246 e. The average Bonchev–Trinajstić information content (AvgIpc) is 2.53. The Morgan fingerprint density at radius 3 is 2.40 bits per heavy atom. The van der Waals surface area contributed by atoms with Crippen molar-refractivity contribution in [2.45, 2.75) is 25.3 Å². The lowest BCUT2D eigenvalue weighted by atomic mass is 9.98. The van der Waals surface area contributed by atoms with E-state index in [9.17, 15) is 4.79 Å². The van der Waals surface area contributed by atoms with Gasteiger partial charge in [-0.2, -0.15) is 0 Å². The Morgan fingerprint density at radius 2 is 1.93 bits per heavy atom. The first-order valence-electron chi connectivity index (χ1n) is 5.12. The summed E-state index contributed by atoms with van der Waals surface area (Å²) in [4.78, 5) is 11.2. The Hall–Kier alpha value is -1.35. The van der Waals surface area contributed by atoms with Crippen molar-refractivity contribution in [2.24, 2.45) is 0 Å². The smallest absolute Gasteiger partial charge is 0.246 e. The van der Waals surface area contributed by atoms with Crippen LogP contribution in [0.2, 0.25) is 0 Å². The molecule has 80 valence electrons. The number of fused-ring (bicyclic) bond motifs is 1. The van der Waals surface area contributed by atoms with Crippen LogP contribution >= 0.6 is 0 Å². The Balaban J connectivity index is 2.14. The lowest BCUT2D eigenvalue weighted by molar-refractivity contribution is -0.125. The highest BCUT2D eigenvalue weighted by Crippen LogP contribution is 2.29. The summed E-state index contributed by atoms with van der Waals surface area (Å²) in [6.07, 6.45) is 1.68. The van der Waals surface area contributed by atoms with Crippen molar-refractivity contribution in [3.05, 3.63) is 35.4 Å². The molecule has 0 spiro atoms. The number of carbonyl (C=O) groups is 1. The number of aliphatic hydroxyl groups excluding tert-OH is 1. The van der Waals surface area contributed by atoms with Crippen LogP contribution in [0.1, 0.15) is 18.1 Å². The minimum Gasteiger partial charge on any atom is -0.387 e. The Morgan fingerprint density at radius 1 is 1.40 bits per heavy atom. The summed E-state index contributed by atoms with van der Waals surface area (Å²) in [5.74, 6) is -0.301. The number of benzene rings is 1. The van der Waals surface area contributed by atoms with E-state index >= 15 is 0 Å². The van der Waals surface area contributed by atoms with E-state index in [-0.39, 0.29) is 11.4 Å². The van der Waals surface area contributed by atoms with Crippen molar-refractivity contribution in [3.63, 3.8) is 0 Å².